The summed E-state index contributed by atoms with van der Waals surface area (Å²) in [5, 5.41) is 6.92. The van der Waals surface area contributed by atoms with Gasteiger partial charge in [0.25, 0.3) is 0 Å². The predicted molar refractivity (Wildman–Crippen MR) is 159 cm³/mol. The third-order valence-electron chi connectivity index (χ3n) is 8.85. The molecule has 4 N–H and O–H groups in total. The molecule has 41 heavy (non-hydrogen) atoms. The predicted octanol–water partition coefficient (Wildman–Crippen LogP) is 3.90. The topological polar surface area (TPSA) is 114 Å². The van der Waals surface area contributed by atoms with Gasteiger partial charge in [-0.2, -0.15) is 4.31 Å². The van der Waals surface area contributed by atoms with Gasteiger partial charge in [0.1, 0.15) is 5.82 Å². The van der Waals surface area contributed by atoms with Crippen LogP contribution in [-0.2, 0) is 26.0 Å². The Bertz CT molecular complexity index is 1310. The summed E-state index contributed by atoms with van der Waals surface area (Å²) in [6.07, 6.45) is 3.83. The number of fused-ring (bicyclic) bond motifs is 2. The molecule has 0 radical (unpaired) electrons. The smallest absolute Gasteiger partial charge is 0.241 e. The first-order valence-corrected chi connectivity index (χ1v) is 16.6. The van der Waals surface area contributed by atoms with Crippen LogP contribution < -0.4 is 16.4 Å². The molecule has 2 aromatic carbocycles. The average molecular weight is 607 g/mol. The van der Waals surface area contributed by atoms with Crippen molar-refractivity contribution in [2.75, 3.05) is 43.9 Å². The van der Waals surface area contributed by atoms with Gasteiger partial charge in [0, 0.05) is 54.5 Å². The summed E-state index contributed by atoms with van der Waals surface area (Å²) in [4.78, 5) is 13.6. The van der Waals surface area contributed by atoms with Gasteiger partial charge >= 0.3 is 0 Å². The normalized spacial score (nSPS) is 26.4. The summed E-state index contributed by atoms with van der Waals surface area (Å²) >= 11 is 6.12. The number of benzene rings is 2. The first kappa shape index (κ1) is 30.4. The van der Waals surface area contributed by atoms with Gasteiger partial charge < -0.3 is 21.1 Å². The van der Waals surface area contributed by atoms with Gasteiger partial charge in [-0.05, 0) is 86.7 Å². The number of carbonyl (C=O) groups excluding carboxylic acids is 1. The van der Waals surface area contributed by atoms with E-state index in [1.807, 2.05) is 12.1 Å². The first-order valence-electron chi connectivity index (χ1n) is 14.6. The number of hydrogen-bond acceptors (Lipinski definition) is 6. The van der Waals surface area contributed by atoms with Crippen LogP contribution in [0.5, 0.6) is 0 Å². The van der Waals surface area contributed by atoms with Crippen LogP contribution in [0, 0.1) is 17.7 Å². The number of rotatable bonds is 8. The molecule has 1 amide bonds. The summed E-state index contributed by atoms with van der Waals surface area (Å²) in [6.45, 7) is 3.02. The quantitative estimate of drug-likeness (QED) is 0.420. The van der Waals surface area contributed by atoms with Gasteiger partial charge in [0.05, 0.1) is 11.8 Å². The molecule has 224 valence electrons. The van der Waals surface area contributed by atoms with Crippen LogP contribution in [0.1, 0.15) is 49.1 Å². The second-order valence-corrected chi connectivity index (χ2v) is 14.0. The molecule has 2 aromatic rings. The van der Waals surface area contributed by atoms with Crippen LogP contribution >= 0.6 is 11.6 Å². The number of nitrogens with zero attached hydrogens (tertiary/aromatic N) is 1. The molecule has 3 aliphatic heterocycles. The highest BCUT2D eigenvalue weighted by atomic mass is 35.5. The van der Waals surface area contributed by atoms with Crippen LogP contribution in [0.25, 0.3) is 0 Å². The van der Waals surface area contributed by atoms with Gasteiger partial charge in [-0.25, -0.2) is 12.8 Å². The molecule has 5 atom stereocenters. The number of carbonyl (C=O) groups is 1. The molecule has 5 rings (SSSR count). The van der Waals surface area contributed by atoms with Crippen LogP contribution in [0.2, 0.25) is 5.02 Å². The van der Waals surface area contributed by atoms with Crippen LogP contribution in [0.4, 0.5) is 10.1 Å². The Morgan fingerprint density at radius 2 is 1.90 bits per heavy atom. The number of ether oxygens (including phenoxy) is 1. The zero-order valence-electron chi connectivity index (χ0n) is 23.2. The van der Waals surface area contributed by atoms with Crippen molar-refractivity contribution in [3.05, 3.63) is 64.4 Å². The fraction of sp³-hybridized carbons (Fsp3) is 0.567. The number of sulfonamides is 1. The molecule has 11 heteroatoms. The van der Waals surface area contributed by atoms with Crippen molar-refractivity contribution < 1.29 is 22.3 Å². The van der Waals surface area contributed by atoms with Crippen molar-refractivity contribution in [3.8, 4) is 0 Å². The maximum absolute atomic E-state index is 15.2. The highest BCUT2D eigenvalue weighted by Gasteiger charge is 2.37. The minimum Gasteiger partial charge on any atom is -0.381 e. The van der Waals surface area contributed by atoms with Crippen LogP contribution in [0.15, 0.2) is 42.5 Å². The second kappa shape index (κ2) is 13.5. The molecule has 3 saturated heterocycles. The molecular weight excluding hydrogens is 567 g/mol. The molecule has 3 aliphatic rings. The molecule has 0 aliphatic carbocycles. The lowest BCUT2D eigenvalue weighted by atomic mass is 9.76. The third-order valence-corrected chi connectivity index (χ3v) is 11.1. The minimum absolute atomic E-state index is 0.153. The van der Waals surface area contributed by atoms with E-state index in [1.54, 1.807) is 28.6 Å². The number of hydrogen-bond donors (Lipinski definition) is 3. The van der Waals surface area contributed by atoms with E-state index < -0.39 is 27.8 Å². The van der Waals surface area contributed by atoms with Crippen molar-refractivity contribution in [2.24, 2.45) is 17.6 Å². The van der Waals surface area contributed by atoms with E-state index in [1.165, 1.54) is 6.07 Å². The van der Waals surface area contributed by atoms with E-state index in [2.05, 4.69) is 10.6 Å². The summed E-state index contributed by atoms with van der Waals surface area (Å²) in [5.41, 5.74) is 8.30. The van der Waals surface area contributed by atoms with E-state index in [9.17, 15) is 13.2 Å². The number of nitrogens with one attached hydrogen (secondary N) is 2. The van der Waals surface area contributed by atoms with Gasteiger partial charge in [-0.3, -0.25) is 4.79 Å². The maximum Gasteiger partial charge on any atom is 0.241 e. The van der Waals surface area contributed by atoms with Gasteiger partial charge in [0.2, 0.25) is 15.9 Å². The number of anilines is 1. The first-order chi connectivity index (χ1) is 19.7. The largest absolute Gasteiger partial charge is 0.381 e. The molecule has 8 nitrogen and oxygen atoms in total. The summed E-state index contributed by atoms with van der Waals surface area (Å²) < 4.78 is 48.4. The van der Waals surface area contributed by atoms with Crippen molar-refractivity contribution in [2.45, 2.75) is 56.5 Å². The molecule has 3 fully saturated rings. The molecule has 1 unspecified atom stereocenters. The van der Waals surface area contributed by atoms with Crippen LogP contribution in [0.3, 0.4) is 0 Å². The molecular formula is C30H40ClFN4O4S. The van der Waals surface area contributed by atoms with Gasteiger partial charge in [0.15, 0.2) is 0 Å². The monoisotopic (exact) mass is 606 g/mol. The van der Waals surface area contributed by atoms with E-state index in [-0.39, 0.29) is 36.0 Å². The Labute approximate surface area is 247 Å². The van der Waals surface area contributed by atoms with Gasteiger partial charge in [-0.15, -0.1) is 0 Å². The lowest BCUT2D eigenvalue weighted by Gasteiger charge is -2.34. The number of nitrogens with two attached hydrogens (primary N) is 1. The Morgan fingerprint density at radius 1 is 1.15 bits per heavy atom. The van der Waals surface area contributed by atoms with Crippen molar-refractivity contribution in [1.29, 1.82) is 0 Å². The second-order valence-electron chi connectivity index (χ2n) is 11.6. The molecule has 0 aromatic heterocycles. The Balaban J connectivity index is 1.33. The van der Waals surface area contributed by atoms with Gasteiger partial charge in [-0.1, -0.05) is 29.8 Å². The Hall–Kier alpha value is -2.08. The standard InChI is InChI=1S/C30H40ClFN4O4S/c31-23-8-6-21(7-9-23)28(22-12-14-40-15-13-22)29(33)30(37)35-27-5-1-4-26(32)25(27)11-10-24-18-34-17-20-3-2-16-41(38,39)36(24)19-20/h1,4-9,20,22,24,28-29,34H,2-3,10-19,33H2,(H,35,37)/t20-,24-,28-,29-/m0/s1. The highest BCUT2D eigenvalue weighted by molar-refractivity contribution is 7.89. The van der Waals surface area contributed by atoms with Crippen LogP contribution in [-0.4, -0.2) is 69.3 Å². The third kappa shape index (κ3) is 7.29. The lowest BCUT2D eigenvalue weighted by molar-refractivity contribution is -0.118. The van der Waals surface area contributed by atoms with Crippen molar-refractivity contribution >= 4 is 33.2 Å². The zero-order valence-corrected chi connectivity index (χ0v) is 24.8. The maximum atomic E-state index is 15.2. The van der Waals surface area contributed by atoms with E-state index in [0.717, 1.165) is 31.4 Å². The van der Waals surface area contributed by atoms with E-state index in [0.29, 0.717) is 55.4 Å². The number of amides is 1. The lowest BCUT2D eigenvalue weighted by Crippen LogP contribution is -2.45. The summed E-state index contributed by atoms with van der Waals surface area (Å²) in [6, 6.07) is 10.9. The van der Waals surface area contributed by atoms with E-state index in [4.69, 9.17) is 22.1 Å². The Morgan fingerprint density at radius 3 is 2.66 bits per heavy atom. The fourth-order valence-electron chi connectivity index (χ4n) is 6.63. The molecule has 0 spiro atoms. The summed E-state index contributed by atoms with van der Waals surface area (Å²) in [7, 11) is -3.37. The minimum atomic E-state index is -3.37. The highest BCUT2D eigenvalue weighted by Crippen LogP contribution is 2.36. The van der Waals surface area contributed by atoms with Crippen molar-refractivity contribution in [1.82, 2.24) is 9.62 Å². The zero-order chi connectivity index (χ0) is 29.0. The molecule has 2 bridgehead atoms. The average Bonchev–Trinajstić information content (AvgIpc) is 3.25. The van der Waals surface area contributed by atoms with E-state index >= 15 is 4.39 Å². The SMILES string of the molecule is N[C@H](C(=O)Nc1cccc(F)c1CC[C@H]1CNC[C@@H]2CCCS(=O)(=O)N1C2)[C@@H](c1ccc(Cl)cc1)C1CCOCC1. The molecule has 0 saturated carbocycles. The fourth-order valence-corrected chi connectivity index (χ4v) is 8.59. The number of halogens is 2. The van der Waals surface area contributed by atoms with Crippen molar-refractivity contribution in [3.63, 3.8) is 0 Å². The molecule has 3 heterocycles. The summed E-state index contributed by atoms with van der Waals surface area (Å²) in [5.74, 6) is -0.496. The Kier molecular flexibility index (Phi) is 9.99.